The van der Waals surface area contributed by atoms with Gasteiger partial charge in [-0.15, -0.1) is 0 Å². The number of amides is 1. The summed E-state index contributed by atoms with van der Waals surface area (Å²) < 4.78 is 5.32. The standard InChI is InChI=1S/C13H22N2O2/c1-9(8-14)5-4-6-15-13(16)12-7-10(2)17-11(12)3/h7,9H,4-6,8,14H2,1-3H3,(H,15,16). The Hall–Kier alpha value is -1.29. The molecule has 1 rings (SSSR count). The number of rotatable bonds is 6. The number of furan rings is 1. The second kappa shape index (κ2) is 6.45. The highest BCUT2D eigenvalue weighted by molar-refractivity contribution is 5.95. The Morgan fingerprint density at radius 2 is 2.24 bits per heavy atom. The van der Waals surface area contributed by atoms with Crippen molar-refractivity contribution in [3.63, 3.8) is 0 Å². The largest absolute Gasteiger partial charge is 0.466 e. The van der Waals surface area contributed by atoms with Gasteiger partial charge in [-0.2, -0.15) is 0 Å². The van der Waals surface area contributed by atoms with E-state index in [0.717, 1.165) is 18.6 Å². The van der Waals surface area contributed by atoms with Crippen molar-refractivity contribution in [2.24, 2.45) is 11.7 Å². The lowest BCUT2D eigenvalue weighted by Gasteiger charge is -2.08. The summed E-state index contributed by atoms with van der Waals surface area (Å²) in [6.07, 6.45) is 2.00. The molecule has 1 amide bonds. The van der Waals surface area contributed by atoms with Gasteiger partial charge in [-0.25, -0.2) is 0 Å². The SMILES string of the molecule is Cc1cc(C(=O)NCCCC(C)CN)c(C)o1. The maximum Gasteiger partial charge on any atom is 0.254 e. The molecule has 4 nitrogen and oxygen atoms in total. The molecule has 1 aromatic heterocycles. The maximum atomic E-state index is 11.8. The Morgan fingerprint density at radius 3 is 2.76 bits per heavy atom. The summed E-state index contributed by atoms with van der Waals surface area (Å²) in [5.41, 5.74) is 6.16. The van der Waals surface area contributed by atoms with Gasteiger partial charge in [-0.05, 0) is 45.2 Å². The lowest BCUT2D eigenvalue weighted by molar-refractivity contribution is 0.0951. The molecule has 0 fully saturated rings. The van der Waals surface area contributed by atoms with Crippen LogP contribution in [-0.4, -0.2) is 19.0 Å². The molecule has 0 saturated heterocycles. The van der Waals surface area contributed by atoms with Crippen LogP contribution < -0.4 is 11.1 Å². The third kappa shape index (κ3) is 4.23. The van der Waals surface area contributed by atoms with E-state index in [9.17, 15) is 4.79 Å². The number of hydrogen-bond acceptors (Lipinski definition) is 3. The third-order valence-corrected chi connectivity index (χ3v) is 2.85. The van der Waals surface area contributed by atoms with Gasteiger partial charge >= 0.3 is 0 Å². The molecule has 4 heteroatoms. The second-order valence-corrected chi connectivity index (χ2v) is 4.57. The van der Waals surface area contributed by atoms with Crippen LogP contribution in [0.1, 0.15) is 41.6 Å². The van der Waals surface area contributed by atoms with Crippen LogP contribution in [0.5, 0.6) is 0 Å². The van der Waals surface area contributed by atoms with Crippen molar-refractivity contribution in [2.45, 2.75) is 33.6 Å². The van der Waals surface area contributed by atoms with Crippen molar-refractivity contribution in [2.75, 3.05) is 13.1 Å². The van der Waals surface area contributed by atoms with Gasteiger partial charge in [0, 0.05) is 6.54 Å². The molecule has 0 aliphatic rings. The van der Waals surface area contributed by atoms with E-state index in [4.69, 9.17) is 10.2 Å². The zero-order valence-corrected chi connectivity index (χ0v) is 10.9. The van der Waals surface area contributed by atoms with E-state index in [2.05, 4.69) is 12.2 Å². The summed E-state index contributed by atoms with van der Waals surface area (Å²) in [6.45, 7) is 7.15. The van der Waals surface area contributed by atoms with Gasteiger partial charge in [0.15, 0.2) is 0 Å². The minimum atomic E-state index is -0.0558. The van der Waals surface area contributed by atoms with E-state index in [1.54, 1.807) is 13.0 Å². The monoisotopic (exact) mass is 238 g/mol. The summed E-state index contributed by atoms with van der Waals surface area (Å²) >= 11 is 0. The quantitative estimate of drug-likeness (QED) is 0.745. The Kier molecular flexibility index (Phi) is 5.22. The zero-order valence-electron chi connectivity index (χ0n) is 10.9. The third-order valence-electron chi connectivity index (χ3n) is 2.85. The molecule has 0 radical (unpaired) electrons. The molecule has 1 heterocycles. The van der Waals surface area contributed by atoms with Gasteiger partial charge in [0.25, 0.3) is 5.91 Å². The molecule has 1 atom stereocenters. The molecule has 3 N–H and O–H groups in total. The van der Waals surface area contributed by atoms with Crippen molar-refractivity contribution in [3.8, 4) is 0 Å². The van der Waals surface area contributed by atoms with Gasteiger partial charge < -0.3 is 15.5 Å². The number of aryl methyl sites for hydroxylation is 2. The summed E-state index contributed by atoms with van der Waals surface area (Å²) in [6, 6.07) is 1.77. The van der Waals surface area contributed by atoms with Gasteiger partial charge in [0.1, 0.15) is 11.5 Å². The Balaban J connectivity index is 2.33. The molecule has 0 bridgehead atoms. The van der Waals surface area contributed by atoms with E-state index in [1.165, 1.54) is 0 Å². The fourth-order valence-electron chi connectivity index (χ4n) is 1.72. The van der Waals surface area contributed by atoms with Crippen LogP contribution in [0.2, 0.25) is 0 Å². The molecule has 96 valence electrons. The fraction of sp³-hybridized carbons (Fsp3) is 0.615. The maximum absolute atomic E-state index is 11.8. The van der Waals surface area contributed by atoms with E-state index >= 15 is 0 Å². The van der Waals surface area contributed by atoms with Gasteiger partial charge in [0.05, 0.1) is 5.56 Å². The highest BCUT2D eigenvalue weighted by Crippen LogP contribution is 2.13. The van der Waals surface area contributed by atoms with E-state index in [0.29, 0.717) is 30.3 Å². The molecule has 0 spiro atoms. The lowest BCUT2D eigenvalue weighted by atomic mass is 10.1. The zero-order chi connectivity index (χ0) is 12.8. The predicted molar refractivity (Wildman–Crippen MR) is 68.0 cm³/mol. The van der Waals surface area contributed by atoms with Crippen molar-refractivity contribution < 1.29 is 9.21 Å². The molecule has 0 aliphatic heterocycles. The van der Waals surface area contributed by atoms with Crippen LogP contribution in [0.4, 0.5) is 0 Å². The Morgan fingerprint density at radius 1 is 1.53 bits per heavy atom. The van der Waals surface area contributed by atoms with Crippen LogP contribution >= 0.6 is 0 Å². The average molecular weight is 238 g/mol. The van der Waals surface area contributed by atoms with Crippen molar-refractivity contribution >= 4 is 5.91 Å². The highest BCUT2D eigenvalue weighted by atomic mass is 16.3. The highest BCUT2D eigenvalue weighted by Gasteiger charge is 2.12. The molecular weight excluding hydrogens is 216 g/mol. The average Bonchev–Trinajstić information content (AvgIpc) is 2.63. The molecule has 0 aliphatic carbocycles. The van der Waals surface area contributed by atoms with E-state index in [-0.39, 0.29) is 5.91 Å². The topological polar surface area (TPSA) is 68.3 Å². The van der Waals surface area contributed by atoms with Crippen LogP contribution in [0.15, 0.2) is 10.5 Å². The minimum absolute atomic E-state index is 0.0558. The fourth-order valence-corrected chi connectivity index (χ4v) is 1.72. The first-order valence-corrected chi connectivity index (χ1v) is 6.10. The summed E-state index contributed by atoms with van der Waals surface area (Å²) in [5.74, 6) is 1.91. The number of nitrogens with one attached hydrogen (secondary N) is 1. The number of carbonyl (C=O) groups excluding carboxylic acids is 1. The van der Waals surface area contributed by atoms with Crippen LogP contribution in [-0.2, 0) is 0 Å². The number of carbonyl (C=O) groups is 1. The minimum Gasteiger partial charge on any atom is -0.466 e. The normalized spacial score (nSPS) is 12.5. The summed E-state index contributed by atoms with van der Waals surface area (Å²) in [7, 11) is 0. The predicted octanol–water partition coefficient (Wildman–Crippen LogP) is 2.00. The van der Waals surface area contributed by atoms with Crippen molar-refractivity contribution in [3.05, 3.63) is 23.2 Å². The molecule has 0 aromatic carbocycles. The first kappa shape index (κ1) is 13.8. The van der Waals surface area contributed by atoms with E-state index < -0.39 is 0 Å². The van der Waals surface area contributed by atoms with Gasteiger partial charge in [-0.3, -0.25) is 4.79 Å². The van der Waals surface area contributed by atoms with E-state index in [1.807, 2.05) is 6.92 Å². The Bertz CT molecular complexity index is 371. The van der Waals surface area contributed by atoms with Crippen molar-refractivity contribution in [1.29, 1.82) is 0 Å². The van der Waals surface area contributed by atoms with Crippen LogP contribution in [0.3, 0.4) is 0 Å². The summed E-state index contributed by atoms with van der Waals surface area (Å²) in [5, 5.41) is 2.89. The Labute approximate surface area is 103 Å². The number of hydrogen-bond donors (Lipinski definition) is 2. The van der Waals surface area contributed by atoms with Crippen LogP contribution in [0.25, 0.3) is 0 Å². The second-order valence-electron chi connectivity index (χ2n) is 4.57. The summed E-state index contributed by atoms with van der Waals surface area (Å²) in [4.78, 5) is 11.8. The lowest BCUT2D eigenvalue weighted by Crippen LogP contribution is -2.25. The molecule has 17 heavy (non-hydrogen) atoms. The van der Waals surface area contributed by atoms with Crippen LogP contribution in [0, 0.1) is 19.8 Å². The molecule has 0 saturated carbocycles. The van der Waals surface area contributed by atoms with Gasteiger partial charge in [0.2, 0.25) is 0 Å². The van der Waals surface area contributed by atoms with Gasteiger partial charge in [-0.1, -0.05) is 6.92 Å². The van der Waals surface area contributed by atoms with Crippen molar-refractivity contribution in [1.82, 2.24) is 5.32 Å². The molecule has 1 aromatic rings. The smallest absolute Gasteiger partial charge is 0.254 e. The first-order chi connectivity index (χ1) is 8.04. The number of nitrogens with two attached hydrogens (primary N) is 1. The molecule has 1 unspecified atom stereocenters. The molecular formula is C13H22N2O2. The first-order valence-electron chi connectivity index (χ1n) is 6.10.